The fourth-order valence-electron chi connectivity index (χ4n) is 4.96. The predicted octanol–water partition coefficient (Wildman–Crippen LogP) is 9.84. The lowest BCUT2D eigenvalue weighted by Crippen LogP contribution is -2.13. The fraction of sp³-hybridized carbons (Fsp3) is 0.0270. The van der Waals surface area contributed by atoms with Gasteiger partial charge in [0.25, 0.3) is 0 Å². The van der Waals surface area contributed by atoms with Crippen molar-refractivity contribution in [1.29, 1.82) is 0 Å². The van der Waals surface area contributed by atoms with E-state index in [1.807, 2.05) is 0 Å². The molecule has 6 rings (SSSR count). The first kappa shape index (κ1) is 24.3. The van der Waals surface area contributed by atoms with Gasteiger partial charge in [-0.25, -0.2) is 0 Å². The summed E-state index contributed by atoms with van der Waals surface area (Å²) in [5, 5.41) is 7.31. The molecule has 0 aliphatic carbocycles. The van der Waals surface area contributed by atoms with E-state index in [0.29, 0.717) is 6.67 Å². The van der Waals surface area contributed by atoms with Gasteiger partial charge in [0.05, 0.1) is 6.67 Å². The summed E-state index contributed by atoms with van der Waals surface area (Å²) in [5.74, 6) is 0. The van der Waals surface area contributed by atoms with Crippen LogP contribution in [-0.4, -0.2) is 6.67 Å². The van der Waals surface area contributed by atoms with Gasteiger partial charge in [0.2, 0.25) is 0 Å². The minimum Gasteiger partial charge on any atom is -0.367 e. The van der Waals surface area contributed by atoms with E-state index in [9.17, 15) is 0 Å². The van der Waals surface area contributed by atoms with E-state index in [1.54, 1.807) is 0 Å². The van der Waals surface area contributed by atoms with Gasteiger partial charge in [-0.05, 0) is 57.6 Å². The summed E-state index contributed by atoms with van der Waals surface area (Å²) < 4.78 is 0. The zero-order valence-corrected chi connectivity index (χ0v) is 21.7. The number of hydrogen-bond acceptors (Lipinski definition) is 2. The van der Waals surface area contributed by atoms with E-state index in [2.05, 4.69) is 168 Å². The van der Waals surface area contributed by atoms with Crippen LogP contribution in [0.15, 0.2) is 158 Å². The summed E-state index contributed by atoms with van der Waals surface area (Å²) in [4.78, 5) is 0. The third kappa shape index (κ3) is 5.61. The summed E-state index contributed by atoms with van der Waals surface area (Å²) in [6, 6.07) is 55.5. The smallest absolute Gasteiger partial charge is 0.0849 e. The van der Waals surface area contributed by atoms with Gasteiger partial charge in [-0.2, -0.15) is 0 Å². The minimum absolute atomic E-state index is 0.592. The highest BCUT2D eigenvalue weighted by Crippen LogP contribution is 2.35. The van der Waals surface area contributed by atoms with Crippen LogP contribution in [0.2, 0.25) is 0 Å². The molecule has 6 aromatic carbocycles. The molecule has 188 valence electrons. The SMILES string of the molecule is c1ccc(-c2ccc(NCNc3ccc(-c4ccccc4)cc3-c3ccccc3)c(-c3ccccc3)c2)cc1. The van der Waals surface area contributed by atoms with Crippen molar-refractivity contribution in [3.8, 4) is 44.5 Å². The zero-order chi connectivity index (χ0) is 26.3. The molecule has 39 heavy (non-hydrogen) atoms. The lowest BCUT2D eigenvalue weighted by molar-refractivity contribution is 1.22. The van der Waals surface area contributed by atoms with Crippen molar-refractivity contribution >= 4 is 11.4 Å². The van der Waals surface area contributed by atoms with Gasteiger partial charge >= 0.3 is 0 Å². The molecule has 0 radical (unpaired) electrons. The molecule has 0 spiro atoms. The molecule has 0 saturated heterocycles. The highest BCUT2D eigenvalue weighted by Gasteiger charge is 2.10. The first-order valence-electron chi connectivity index (χ1n) is 13.3. The van der Waals surface area contributed by atoms with Crippen LogP contribution in [0.25, 0.3) is 44.5 Å². The van der Waals surface area contributed by atoms with Gasteiger partial charge < -0.3 is 10.6 Å². The number of benzene rings is 6. The van der Waals surface area contributed by atoms with Crippen molar-refractivity contribution in [2.75, 3.05) is 17.3 Å². The second kappa shape index (κ2) is 11.5. The molecule has 0 unspecified atom stereocenters. The number of nitrogens with one attached hydrogen (secondary N) is 2. The van der Waals surface area contributed by atoms with Crippen molar-refractivity contribution in [2.24, 2.45) is 0 Å². The lowest BCUT2D eigenvalue weighted by Gasteiger charge is -2.18. The largest absolute Gasteiger partial charge is 0.367 e. The lowest BCUT2D eigenvalue weighted by atomic mass is 9.97. The monoisotopic (exact) mass is 502 g/mol. The predicted molar refractivity (Wildman–Crippen MR) is 167 cm³/mol. The van der Waals surface area contributed by atoms with Crippen LogP contribution in [0.3, 0.4) is 0 Å². The van der Waals surface area contributed by atoms with Crippen molar-refractivity contribution in [1.82, 2.24) is 0 Å². The Balaban J connectivity index is 1.29. The van der Waals surface area contributed by atoms with Crippen LogP contribution in [-0.2, 0) is 0 Å². The highest BCUT2D eigenvalue weighted by atomic mass is 15.1. The molecule has 0 aliphatic heterocycles. The van der Waals surface area contributed by atoms with Crippen molar-refractivity contribution in [2.45, 2.75) is 0 Å². The van der Waals surface area contributed by atoms with Crippen molar-refractivity contribution in [3.63, 3.8) is 0 Å². The standard InChI is InChI=1S/C37H30N2/c1-5-13-28(14-6-1)32-21-23-36(34(25-32)30-17-9-3-10-18-30)38-27-39-37-24-22-33(29-15-7-2-8-16-29)26-35(37)31-19-11-4-12-20-31/h1-26,38-39H,27H2. The Hall–Kier alpha value is -5.08. The maximum absolute atomic E-state index is 3.65. The number of rotatable bonds is 8. The van der Waals surface area contributed by atoms with E-state index in [-0.39, 0.29) is 0 Å². The maximum Gasteiger partial charge on any atom is 0.0849 e. The first-order chi connectivity index (χ1) is 19.3. The van der Waals surface area contributed by atoms with Gasteiger partial charge in [0.15, 0.2) is 0 Å². The van der Waals surface area contributed by atoms with Crippen LogP contribution >= 0.6 is 0 Å². The first-order valence-corrected chi connectivity index (χ1v) is 13.3. The second-order valence-electron chi connectivity index (χ2n) is 9.52. The summed E-state index contributed by atoms with van der Waals surface area (Å²) in [7, 11) is 0. The molecule has 0 aliphatic rings. The normalized spacial score (nSPS) is 10.7. The molecule has 0 bridgehead atoms. The Morgan fingerprint density at radius 1 is 0.308 bits per heavy atom. The van der Waals surface area contributed by atoms with E-state index in [4.69, 9.17) is 0 Å². The minimum atomic E-state index is 0.592. The van der Waals surface area contributed by atoms with Gasteiger partial charge in [-0.15, -0.1) is 0 Å². The highest BCUT2D eigenvalue weighted by molar-refractivity contribution is 5.85. The Bertz CT molecular complexity index is 1520. The summed E-state index contributed by atoms with van der Waals surface area (Å²) in [6.07, 6.45) is 0. The zero-order valence-electron chi connectivity index (χ0n) is 21.7. The summed E-state index contributed by atoms with van der Waals surface area (Å²) in [5.41, 5.74) is 11.8. The van der Waals surface area contributed by atoms with Crippen LogP contribution in [0.5, 0.6) is 0 Å². The van der Waals surface area contributed by atoms with Gasteiger partial charge in [-0.1, -0.05) is 133 Å². The number of hydrogen-bond donors (Lipinski definition) is 2. The third-order valence-corrected chi connectivity index (χ3v) is 6.98. The molecule has 0 amide bonds. The quantitative estimate of drug-likeness (QED) is 0.202. The third-order valence-electron chi connectivity index (χ3n) is 6.98. The fourth-order valence-corrected chi connectivity index (χ4v) is 4.96. The molecule has 2 N–H and O–H groups in total. The van der Waals surface area contributed by atoms with Crippen LogP contribution < -0.4 is 10.6 Å². The Kier molecular flexibility index (Phi) is 7.18. The molecule has 2 heteroatoms. The van der Waals surface area contributed by atoms with Gasteiger partial charge in [-0.3, -0.25) is 0 Å². The molecular weight excluding hydrogens is 472 g/mol. The van der Waals surface area contributed by atoms with Crippen LogP contribution in [0, 0.1) is 0 Å². The van der Waals surface area contributed by atoms with E-state index in [1.165, 1.54) is 44.5 Å². The average molecular weight is 503 g/mol. The van der Waals surface area contributed by atoms with Gasteiger partial charge in [0.1, 0.15) is 0 Å². The molecule has 0 fully saturated rings. The maximum atomic E-state index is 3.65. The topological polar surface area (TPSA) is 24.1 Å². The van der Waals surface area contributed by atoms with E-state index >= 15 is 0 Å². The molecule has 2 nitrogen and oxygen atoms in total. The second-order valence-corrected chi connectivity index (χ2v) is 9.52. The van der Waals surface area contributed by atoms with Gasteiger partial charge in [0, 0.05) is 22.5 Å². The average Bonchev–Trinajstić information content (AvgIpc) is 3.03. The van der Waals surface area contributed by atoms with Crippen LogP contribution in [0.4, 0.5) is 11.4 Å². The van der Waals surface area contributed by atoms with Crippen molar-refractivity contribution in [3.05, 3.63) is 158 Å². The summed E-state index contributed by atoms with van der Waals surface area (Å²) >= 11 is 0. The Morgan fingerprint density at radius 2 is 0.641 bits per heavy atom. The molecule has 6 aromatic rings. The van der Waals surface area contributed by atoms with Crippen LogP contribution in [0.1, 0.15) is 0 Å². The van der Waals surface area contributed by atoms with E-state index < -0.39 is 0 Å². The molecule has 0 atom stereocenters. The van der Waals surface area contributed by atoms with Crippen molar-refractivity contribution < 1.29 is 0 Å². The van der Waals surface area contributed by atoms with E-state index in [0.717, 1.165) is 11.4 Å². The Labute approximate surface area is 230 Å². The number of anilines is 2. The molecule has 0 saturated carbocycles. The Morgan fingerprint density at radius 3 is 1.00 bits per heavy atom. The molecule has 0 heterocycles. The molecular formula is C37H30N2. The molecule has 0 aromatic heterocycles. The summed E-state index contributed by atoms with van der Waals surface area (Å²) in [6.45, 7) is 0.592.